The van der Waals surface area contributed by atoms with Crippen LogP contribution in [0.4, 0.5) is 4.39 Å². The van der Waals surface area contributed by atoms with Crippen LogP contribution in [0.25, 0.3) is 21.6 Å². The molecule has 6 rings (SSSR count). The second-order valence-corrected chi connectivity index (χ2v) is 10.5. The molecular weight excluding hydrogens is 495 g/mol. The number of nitrogens with one attached hydrogen (secondary N) is 1. The van der Waals surface area contributed by atoms with Crippen molar-refractivity contribution in [3.05, 3.63) is 92.6 Å². The number of benzene rings is 2. The van der Waals surface area contributed by atoms with Crippen molar-refractivity contribution in [2.75, 3.05) is 0 Å². The highest BCUT2D eigenvalue weighted by atomic mass is 32.2. The van der Waals surface area contributed by atoms with Crippen molar-refractivity contribution < 1.29 is 4.39 Å². The molecule has 180 valence electrons. The molecule has 0 saturated carbocycles. The largest absolute Gasteiger partial charge is 0.283 e. The van der Waals surface area contributed by atoms with Crippen LogP contribution in [0.15, 0.2) is 69.9 Å². The summed E-state index contributed by atoms with van der Waals surface area (Å²) in [4.78, 5) is 25.0. The summed E-state index contributed by atoms with van der Waals surface area (Å²) in [6, 6.07) is 13.9. The molecule has 5 aromatic rings. The third-order valence-electron chi connectivity index (χ3n) is 6.11. The second-order valence-electron chi connectivity index (χ2n) is 8.51. The van der Waals surface area contributed by atoms with E-state index >= 15 is 0 Å². The van der Waals surface area contributed by atoms with Crippen LogP contribution in [0.2, 0.25) is 0 Å². The molecule has 3 aromatic heterocycles. The number of nitrogens with zero attached hydrogens (tertiary/aromatic N) is 5. The Bertz CT molecular complexity index is 1620. The fourth-order valence-electron chi connectivity index (χ4n) is 4.38. The lowest BCUT2D eigenvalue weighted by Gasteiger charge is -2.11. The Labute approximate surface area is 214 Å². The molecule has 36 heavy (non-hydrogen) atoms. The van der Waals surface area contributed by atoms with Crippen LogP contribution in [0.1, 0.15) is 34.4 Å². The summed E-state index contributed by atoms with van der Waals surface area (Å²) in [5, 5.41) is 12.7. The van der Waals surface area contributed by atoms with Gasteiger partial charge < -0.3 is 0 Å². The summed E-state index contributed by atoms with van der Waals surface area (Å²) in [7, 11) is 0. The summed E-state index contributed by atoms with van der Waals surface area (Å²) >= 11 is 3.14. The van der Waals surface area contributed by atoms with Crippen molar-refractivity contribution in [3.63, 3.8) is 0 Å². The van der Waals surface area contributed by atoms with Gasteiger partial charge in [0.05, 0.1) is 11.6 Å². The number of thioether (sulfide) groups is 1. The van der Waals surface area contributed by atoms with Gasteiger partial charge in [0.25, 0.3) is 5.56 Å². The van der Waals surface area contributed by atoms with Gasteiger partial charge in [0.1, 0.15) is 17.0 Å². The number of aromatic amines is 1. The van der Waals surface area contributed by atoms with Gasteiger partial charge in [0.2, 0.25) is 5.16 Å². The molecule has 3 heterocycles. The van der Waals surface area contributed by atoms with E-state index in [4.69, 9.17) is 4.98 Å². The number of H-pyrrole nitrogens is 1. The number of fused-ring (bicyclic) bond motifs is 3. The van der Waals surface area contributed by atoms with Crippen LogP contribution in [-0.4, -0.2) is 31.1 Å². The van der Waals surface area contributed by atoms with Crippen LogP contribution >= 0.6 is 23.1 Å². The van der Waals surface area contributed by atoms with Gasteiger partial charge in [-0.05, 0) is 60.6 Å². The molecule has 0 spiro atoms. The SMILES string of the molecule is O=c1c2c3c(sc2nc(-c2cccc(CSc4nc[nH]n4)c2)n1N=Cc1ccc(F)cc1)CCCC3. The molecule has 1 N–H and O–H groups in total. The zero-order chi connectivity index (χ0) is 24.5. The van der Waals surface area contributed by atoms with E-state index in [9.17, 15) is 9.18 Å². The fourth-order valence-corrected chi connectivity index (χ4v) is 6.35. The van der Waals surface area contributed by atoms with Gasteiger partial charge in [-0.25, -0.2) is 14.4 Å². The van der Waals surface area contributed by atoms with E-state index in [0.29, 0.717) is 27.7 Å². The van der Waals surface area contributed by atoms with Gasteiger partial charge in [-0.15, -0.1) is 16.4 Å². The normalized spacial score (nSPS) is 13.5. The molecular formula is C26H21FN6OS2. The molecule has 10 heteroatoms. The number of aryl methyl sites for hydroxylation is 2. The first kappa shape index (κ1) is 22.8. The minimum atomic E-state index is -0.322. The summed E-state index contributed by atoms with van der Waals surface area (Å²) in [6.07, 6.45) is 7.20. The van der Waals surface area contributed by atoms with Crippen molar-refractivity contribution >= 4 is 39.5 Å². The third kappa shape index (κ3) is 4.49. The van der Waals surface area contributed by atoms with Crippen LogP contribution < -0.4 is 5.56 Å². The number of rotatable bonds is 6. The van der Waals surface area contributed by atoms with Crippen molar-refractivity contribution in [1.29, 1.82) is 0 Å². The number of hydrogen-bond donors (Lipinski definition) is 1. The first-order valence-electron chi connectivity index (χ1n) is 11.6. The summed E-state index contributed by atoms with van der Waals surface area (Å²) in [6.45, 7) is 0. The van der Waals surface area contributed by atoms with Gasteiger partial charge in [-0.2, -0.15) is 9.78 Å². The standard InChI is InChI=1S/C26H21FN6OS2/c27-19-10-8-16(9-11-19)13-30-33-23(18-5-3-4-17(12-18)14-35-26-28-15-29-32-26)31-24-22(25(33)34)20-6-1-2-7-21(20)36-24/h3-5,8-13,15H,1-2,6-7,14H2,(H,28,29,32). The summed E-state index contributed by atoms with van der Waals surface area (Å²) in [5.41, 5.74) is 3.49. The van der Waals surface area contributed by atoms with Crippen molar-refractivity contribution in [2.45, 2.75) is 36.6 Å². The van der Waals surface area contributed by atoms with Gasteiger partial charge in [0.15, 0.2) is 5.82 Å². The average Bonchev–Trinajstić information content (AvgIpc) is 3.56. The Balaban J connectivity index is 1.46. The van der Waals surface area contributed by atoms with E-state index < -0.39 is 0 Å². The second kappa shape index (κ2) is 9.79. The smallest absolute Gasteiger partial charge is 0.267 e. The molecule has 1 aliphatic carbocycles. The molecule has 0 fully saturated rings. The zero-order valence-corrected chi connectivity index (χ0v) is 20.8. The number of aromatic nitrogens is 5. The highest BCUT2D eigenvalue weighted by molar-refractivity contribution is 7.98. The molecule has 7 nitrogen and oxygen atoms in total. The Morgan fingerprint density at radius 2 is 2.03 bits per heavy atom. The molecule has 0 bridgehead atoms. The van der Waals surface area contributed by atoms with E-state index in [1.165, 1.54) is 33.4 Å². The molecule has 1 aliphatic rings. The van der Waals surface area contributed by atoms with Gasteiger partial charge in [-0.1, -0.05) is 42.1 Å². The van der Waals surface area contributed by atoms with Crippen LogP contribution in [-0.2, 0) is 18.6 Å². The first-order valence-corrected chi connectivity index (χ1v) is 13.4. The van der Waals surface area contributed by atoms with E-state index in [-0.39, 0.29) is 11.4 Å². The maximum Gasteiger partial charge on any atom is 0.283 e. The van der Waals surface area contributed by atoms with Crippen molar-refractivity contribution in [3.8, 4) is 11.4 Å². The number of halogens is 1. The highest BCUT2D eigenvalue weighted by Crippen LogP contribution is 2.35. The molecule has 0 saturated heterocycles. The fraction of sp³-hybridized carbons (Fsp3) is 0.192. The van der Waals surface area contributed by atoms with E-state index in [1.54, 1.807) is 36.0 Å². The van der Waals surface area contributed by atoms with Crippen LogP contribution in [0, 0.1) is 5.82 Å². The quantitative estimate of drug-likeness (QED) is 0.240. The average molecular weight is 517 g/mol. The van der Waals surface area contributed by atoms with Gasteiger partial charge in [0, 0.05) is 16.2 Å². The molecule has 0 aliphatic heterocycles. The first-order chi connectivity index (χ1) is 17.7. The topological polar surface area (TPSA) is 88.8 Å². The maximum absolute atomic E-state index is 13.8. The lowest BCUT2D eigenvalue weighted by atomic mass is 9.97. The highest BCUT2D eigenvalue weighted by Gasteiger charge is 2.22. The predicted octanol–water partition coefficient (Wildman–Crippen LogP) is 5.44. The monoisotopic (exact) mass is 516 g/mol. The van der Waals surface area contributed by atoms with Gasteiger partial charge in [-0.3, -0.25) is 9.89 Å². The van der Waals surface area contributed by atoms with Crippen LogP contribution in [0.3, 0.4) is 0 Å². The third-order valence-corrected chi connectivity index (χ3v) is 8.22. The Hall–Kier alpha value is -3.63. The van der Waals surface area contributed by atoms with E-state index in [2.05, 4.69) is 20.3 Å². The molecule has 0 unspecified atom stereocenters. The van der Waals surface area contributed by atoms with E-state index in [0.717, 1.165) is 47.2 Å². The van der Waals surface area contributed by atoms with Crippen molar-refractivity contribution in [1.82, 2.24) is 24.8 Å². The predicted molar refractivity (Wildman–Crippen MR) is 141 cm³/mol. The summed E-state index contributed by atoms with van der Waals surface area (Å²) < 4.78 is 14.8. The van der Waals surface area contributed by atoms with E-state index in [1.807, 2.05) is 24.3 Å². The minimum Gasteiger partial charge on any atom is -0.267 e. The van der Waals surface area contributed by atoms with Crippen molar-refractivity contribution in [2.24, 2.45) is 5.10 Å². The Morgan fingerprint density at radius 3 is 2.86 bits per heavy atom. The molecule has 0 atom stereocenters. The number of hydrogen-bond acceptors (Lipinski definition) is 7. The molecule has 0 radical (unpaired) electrons. The van der Waals surface area contributed by atoms with Gasteiger partial charge >= 0.3 is 0 Å². The maximum atomic E-state index is 13.8. The van der Waals surface area contributed by atoms with Crippen LogP contribution in [0.5, 0.6) is 0 Å². The zero-order valence-electron chi connectivity index (χ0n) is 19.1. The lowest BCUT2D eigenvalue weighted by molar-refractivity contribution is 0.628. The number of thiophene rings is 1. The minimum absolute atomic E-state index is 0.173. The molecule has 2 aromatic carbocycles. The Kier molecular flexibility index (Phi) is 6.20. The molecule has 0 amide bonds. The lowest BCUT2D eigenvalue weighted by Crippen LogP contribution is -2.21. The Morgan fingerprint density at radius 1 is 1.17 bits per heavy atom. The summed E-state index contributed by atoms with van der Waals surface area (Å²) in [5.74, 6) is 0.830.